The number of aromatic nitrogens is 1. The molecule has 1 N–H and O–H groups in total. The highest BCUT2D eigenvalue weighted by molar-refractivity contribution is 5.99. The minimum atomic E-state index is 0.0195. The van der Waals surface area contributed by atoms with Gasteiger partial charge in [0.25, 0.3) is 5.91 Å². The lowest BCUT2D eigenvalue weighted by molar-refractivity contribution is 0.0746. The van der Waals surface area contributed by atoms with Crippen molar-refractivity contribution in [1.82, 2.24) is 9.88 Å². The van der Waals surface area contributed by atoms with E-state index in [1.54, 1.807) is 11.1 Å². The number of aryl methyl sites for hydroxylation is 1. The first-order valence-corrected chi connectivity index (χ1v) is 7.20. The fraction of sp³-hybridized carbons (Fsp3) is 0.625. The van der Waals surface area contributed by atoms with E-state index in [4.69, 9.17) is 0 Å². The van der Waals surface area contributed by atoms with Gasteiger partial charge in [-0.05, 0) is 24.8 Å². The van der Waals surface area contributed by atoms with Crippen molar-refractivity contribution in [2.75, 3.05) is 25.5 Å². The van der Waals surface area contributed by atoms with E-state index in [0.29, 0.717) is 12.1 Å². The highest BCUT2D eigenvalue weighted by Crippen LogP contribution is 2.20. The third-order valence-corrected chi connectivity index (χ3v) is 2.89. The van der Waals surface area contributed by atoms with Crippen LogP contribution < -0.4 is 5.32 Å². The summed E-state index contributed by atoms with van der Waals surface area (Å²) in [5.41, 5.74) is 2.53. The molecular formula is C16H27N3O. The van der Waals surface area contributed by atoms with Crippen molar-refractivity contribution in [1.29, 1.82) is 0 Å². The zero-order valence-corrected chi connectivity index (χ0v) is 13.6. The van der Waals surface area contributed by atoms with Crippen molar-refractivity contribution in [2.24, 2.45) is 5.41 Å². The van der Waals surface area contributed by atoms with Crippen LogP contribution >= 0.6 is 0 Å². The summed E-state index contributed by atoms with van der Waals surface area (Å²) in [7, 11) is 1.84. The third-order valence-electron chi connectivity index (χ3n) is 2.89. The van der Waals surface area contributed by atoms with Gasteiger partial charge in [0, 0.05) is 32.0 Å². The van der Waals surface area contributed by atoms with Gasteiger partial charge in [-0.1, -0.05) is 27.7 Å². The molecule has 0 aliphatic rings. The first-order valence-electron chi connectivity index (χ1n) is 7.20. The molecule has 4 heteroatoms. The molecule has 0 radical (unpaired) electrons. The van der Waals surface area contributed by atoms with Gasteiger partial charge < -0.3 is 10.2 Å². The summed E-state index contributed by atoms with van der Waals surface area (Å²) in [5, 5.41) is 3.31. The molecule has 4 nitrogen and oxygen atoms in total. The fourth-order valence-corrected chi connectivity index (χ4v) is 2.13. The maximum absolute atomic E-state index is 12.6. The number of pyridine rings is 1. The number of carbonyl (C=O) groups is 1. The lowest BCUT2D eigenvalue weighted by Crippen LogP contribution is -2.35. The maximum atomic E-state index is 12.6. The largest absolute Gasteiger partial charge is 0.384 e. The maximum Gasteiger partial charge on any atom is 0.257 e. The molecule has 1 aromatic heterocycles. The summed E-state index contributed by atoms with van der Waals surface area (Å²) >= 11 is 0. The topological polar surface area (TPSA) is 45.2 Å². The summed E-state index contributed by atoms with van der Waals surface area (Å²) in [4.78, 5) is 18.6. The Morgan fingerprint density at radius 2 is 2.05 bits per heavy atom. The minimum Gasteiger partial charge on any atom is -0.384 e. The second-order valence-corrected chi connectivity index (χ2v) is 6.52. The summed E-state index contributed by atoms with van der Waals surface area (Å²) in [6, 6.07) is 1.94. The van der Waals surface area contributed by atoms with E-state index < -0.39 is 0 Å². The predicted octanol–water partition coefficient (Wildman–Crippen LogP) is 3.33. The molecule has 0 saturated heterocycles. The Hall–Kier alpha value is -1.58. The van der Waals surface area contributed by atoms with Gasteiger partial charge in [0.05, 0.1) is 11.3 Å². The van der Waals surface area contributed by atoms with Crippen molar-refractivity contribution < 1.29 is 4.79 Å². The average molecular weight is 277 g/mol. The predicted molar refractivity (Wildman–Crippen MR) is 84.2 cm³/mol. The number of nitrogens with one attached hydrogen (secondary N) is 1. The molecule has 20 heavy (non-hydrogen) atoms. The van der Waals surface area contributed by atoms with E-state index in [0.717, 1.165) is 24.3 Å². The van der Waals surface area contributed by atoms with Crippen LogP contribution in [-0.2, 0) is 0 Å². The molecule has 0 saturated carbocycles. The lowest BCUT2D eigenvalue weighted by atomic mass is 9.96. The Balaban J connectivity index is 2.96. The average Bonchev–Trinajstić information content (AvgIpc) is 2.33. The van der Waals surface area contributed by atoms with Crippen molar-refractivity contribution in [3.05, 3.63) is 23.5 Å². The van der Waals surface area contributed by atoms with E-state index in [1.807, 2.05) is 20.0 Å². The quantitative estimate of drug-likeness (QED) is 0.898. The summed E-state index contributed by atoms with van der Waals surface area (Å²) in [6.45, 7) is 12.0. The van der Waals surface area contributed by atoms with Gasteiger partial charge in [-0.15, -0.1) is 0 Å². The molecule has 1 rings (SSSR count). The number of carbonyl (C=O) groups excluding carboxylic acids is 1. The highest BCUT2D eigenvalue weighted by atomic mass is 16.2. The molecule has 0 spiro atoms. The van der Waals surface area contributed by atoms with Crippen molar-refractivity contribution in [2.45, 2.75) is 41.0 Å². The van der Waals surface area contributed by atoms with Crippen LogP contribution in [0.5, 0.6) is 0 Å². The van der Waals surface area contributed by atoms with E-state index in [9.17, 15) is 4.79 Å². The molecule has 1 amide bonds. The number of rotatable bonds is 5. The summed E-state index contributed by atoms with van der Waals surface area (Å²) in [5.74, 6) is 0.0195. The zero-order chi connectivity index (χ0) is 15.3. The SMILES string of the molecule is CCCNc1cc(C)ncc1C(=O)N(C)CC(C)(C)C. The number of hydrogen-bond donors (Lipinski definition) is 1. The molecule has 0 fully saturated rings. The lowest BCUT2D eigenvalue weighted by Gasteiger charge is -2.27. The zero-order valence-electron chi connectivity index (χ0n) is 13.6. The Morgan fingerprint density at radius 3 is 2.60 bits per heavy atom. The molecule has 0 aliphatic carbocycles. The third kappa shape index (κ3) is 4.83. The molecule has 1 aromatic rings. The molecule has 112 valence electrons. The molecule has 0 aromatic carbocycles. The number of anilines is 1. The highest BCUT2D eigenvalue weighted by Gasteiger charge is 2.21. The van der Waals surface area contributed by atoms with Crippen LogP contribution in [0.15, 0.2) is 12.3 Å². The van der Waals surface area contributed by atoms with E-state index >= 15 is 0 Å². The van der Waals surface area contributed by atoms with Crippen LogP contribution in [0.2, 0.25) is 0 Å². The van der Waals surface area contributed by atoms with Gasteiger partial charge in [0.15, 0.2) is 0 Å². The number of nitrogens with zero attached hydrogens (tertiary/aromatic N) is 2. The first-order chi connectivity index (χ1) is 9.24. The second kappa shape index (κ2) is 6.73. The van der Waals surface area contributed by atoms with Gasteiger partial charge in [0.1, 0.15) is 0 Å². The monoisotopic (exact) mass is 277 g/mol. The van der Waals surface area contributed by atoms with Crippen molar-refractivity contribution in [3.63, 3.8) is 0 Å². The first kappa shape index (κ1) is 16.5. The van der Waals surface area contributed by atoms with Gasteiger partial charge in [-0.3, -0.25) is 9.78 Å². The van der Waals surface area contributed by atoms with Crippen LogP contribution in [0.25, 0.3) is 0 Å². The Labute approximate surface area is 122 Å². The van der Waals surface area contributed by atoms with Crippen LogP contribution in [0.1, 0.15) is 50.2 Å². The van der Waals surface area contributed by atoms with Gasteiger partial charge >= 0.3 is 0 Å². The van der Waals surface area contributed by atoms with Crippen molar-refractivity contribution in [3.8, 4) is 0 Å². The Bertz CT molecular complexity index is 463. The molecule has 0 bridgehead atoms. The minimum absolute atomic E-state index is 0.0195. The van der Waals surface area contributed by atoms with E-state index in [1.165, 1.54) is 0 Å². The van der Waals surface area contributed by atoms with Crippen LogP contribution in [0, 0.1) is 12.3 Å². The fourth-order valence-electron chi connectivity index (χ4n) is 2.13. The Morgan fingerprint density at radius 1 is 1.40 bits per heavy atom. The second-order valence-electron chi connectivity index (χ2n) is 6.52. The van der Waals surface area contributed by atoms with Gasteiger partial charge in [0.2, 0.25) is 0 Å². The molecule has 1 heterocycles. The van der Waals surface area contributed by atoms with Crippen LogP contribution in [0.3, 0.4) is 0 Å². The normalized spacial score (nSPS) is 11.3. The summed E-state index contributed by atoms with van der Waals surface area (Å²) < 4.78 is 0. The van der Waals surface area contributed by atoms with Crippen LogP contribution in [-0.4, -0.2) is 35.9 Å². The molecule has 0 aliphatic heterocycles. The smallest absolute Gasteiger partial charge is 0.257 e. The Kier molecular flexibility index (Phi) is 5.54. The van der Waals surface area contributed by atoms with E-state index in [-0.39, 0.29) is 11.3 Å². The van der Waals surface area contributed by atoms with Crippen LogP contribution in [0.4, 0.5) is 5.69 Å². The summed E-state index contributed by atoms with van der Waals surface area (Å²) in [6.07, 6.45) is 2.70. The van der Waals surface area contributed by atoms with Crippen molar-refractivity contribution >= 4 is 11.6 Å². The van der Waals surface area contributed by atoms with E-state index in [2.05, 4.69) is 38.0 Å². The molecular weight excluding hydrogens is 250 g/mol. The molecule has 0 atom stereocenters. The number of hydrogen-bond acceptors (Lipinski definition) is 3. The number of amides is 1. The van der Waals surface area contributed by atoms with Gasteiger partial charge in [-0.2, -0.15) is 0 Å². The standard InChI is InChI=1S/C16H27N3O/c1-7-8-17-14-9-12(2)18-10-13(14)15(20)19(6)11-16(3,4)5/h9-10H,7-8,11H2,1-6H3,(H,17,18). The molecule has 0 unspecified atom stereocenters. The van der Waals surface area contributed by atoms with Gasteiger partial charge in [-0.25, -0.2) is 0 Å².